The number of halogens is 2. The number of rotatable bonds is 7. The number of para-hydroxylation sites is 1. The van der Waals surface area contributed by atoms with Crippen LogP contribution in [0.3, 0.4) is 0 Å². The maximum Gasteiger partial charge on any atom is 0.377 e. The lowest BCUT2D eigenvalue weighted by Gasteiger charge is -2.14. The van der Waals surface area contributed by atoms with E-state index in [2.05, 4.69) is 15.6 Å². The number of benzene rings is 2. The van der Waals surface area contributed by atoms with Gasteiger partial charge < -0.3 is 14.2 Å². The van der Waals surface area contributed by atoms with Crippen molar-refractivity contribution in [2.45, 2.75) is 0 Å². The molecule has 2 aromatic rings. The third kappa shape index (κ3) is 5.54. The summed E-state index contributed by atoms with van der Waals surface area (Å²) in [5.74, 6) is -1.50. The molecule has 0 spiro atoms. The van der Waals surface area contributed by atoms with Gasteiger partial charge in [-0.15, -0.1) is 0 Å². The van der Waals surface area contributed by atoms with E-state index in [9.17, 15) is 9.59 Å². The lowest BCUT2D eigenvalue weighted by Crippen LogP contribution is -2.30. The molecule has 0 aliphatic heterocycles. The average molecular weight is 411 g/mol. The Labute approximate surface area is 165 Å². The molecule has 2 aromatic carbocycles. The Morgan fingerprint density at radius 2 is 1.81 bits per heavy atom. The summed E-state index contributed by atoms with van der Waals surface area (Å²) in [7, 11) is 2.54. The first-order valence-corrected chi connectivity index (χ1v) is 8.31. The van der Waals surface area contributed by atoms with Crippen molar-refractivity contribution in [3.63, 3.8) is 0 Å². The third-order valence-electron chi connectivity index (χ3n) is 3.20. The van der Waals surface area contributed by atoms with Gasteiger partial charge in [-0.05, 0) is 30.3 Å². The normalized spacial score (nSPS) is 10.7. The number of nitrogens with one attached hydrogen (secondary N) is 2. The van der Waals surface area contributed by atoms with Gasteiger partial charge in [0, 0.05) is 5.02 Å². The standard InChI is InChI=1S/C18H16Cl2N2O5/c1-25-10-16(18(24)26-2)27-15-8-7-11(19)9-12(15)17(23)22-21-14-6-4-3-5-13(14)20/h3-10,21H,1-2H3,(H,22,23)/b16-10+. The van der Waals surface area contributed by atoms with Gasteiger partial charge in [0.2, 0.25) is 5.76 Å². The first-order chi connectivity index (χ1) is 13.0. The summed E-state index contributed by atoms with van der Waals surface area (Å²) in [5, 5.41) is 0.733. The lowest BCUT2D eigenvalue weighted by molar-refractivity contribution is -0.138. The number of hydrazine groups is 1. The molecule has 142 valence electrons. The number of hydrogen-bond acceptors (Lipinski definition) is 6. The molecule has 1 amide bonds. The highest BCUT2D eigenvalue weighted by molar-refractivity contribution is 6.33. The Morgan fingerprint density at radius 3 is 2.48 bits per heavy atom. The fourth-order valence-electron chi connectivity index (χ4n) is 1.96. The fourth-order valence-corrected chi connectivity index (χ4v) is 2.32. The molecular weight excluding hydrogens is 395 g/mol. The van der Waals surface area contributed by atoms with Crippen molar-refractivity contribution in [1.29, 1.82) is 0 Å². The zero-order chi connectivity index (χ0) is 19.8. The van der Waals surface area contributed by atoms with Crippen LogP contribution in [0.4, 0.5) is 5.69 Å². The number of ether oxygens (including phenoxy) is 3. The molecule has 2 N–H and O–H groups in total. The van der Waals surface area contributed by atoms with Crippen LogP contribution in [0.2, 0.25) is 10.0 Å². The van der Waals surface area contributed by atoms with Crippen LogP contribution in [0.25, 0.3) is 0 Å². The number of carbonyl (C=O) groups is 2. The minimum absolute atomic E-state index is 0.0755. The van der Waals surface area contributed by atoms with E-state index < -0.39 is 11.9 Å². The van der Waals surface area contributed by atoms with Crippen LogP contribution in [-0.4, -0.2) is 26.1 Å². The zero-order valence-electron chi connectivity index (χ0n) is 14.4. The first kappa shape index (κ1) is 20.4. The van der Waals surface area contributed by atoms with Crippen LogP contribution in [0.1, 0.15) is 10.4 Å². The summed E-state index contributed by atoms with van der Waals surface area (Å²) in [6.07, 6.45) is 1.06. The van der Waals surface area contributed by atoms with Gasteiger partial charge in [0.1, 0.15) is 12.0 Å². The molecule has 9 heteroatoms. The van der Waals surface area contributed by atoms with Crippen molar-refractivity contribution < 1.29 is 23.8 Å². The van der Waals surface area contributed by atoms with Gasteiger partial charge in [-0.25, -0.2) is 4.79 Å². The minimum atomic E-state index is -0.771. The molecule has 0 heterocycles. The number of esters is 1. The van der Waals surface area contributed by atoms with E-state index in [0.717, 1.165) is 6.26 Å². The maximum atomic E-state index is 12.6. The predicted molar refractivity (Wildman–Crippen MR) is 102 cm³/mol. The molecule has 7 nitrogen and oxygen atoms in total. The van der Waals surface area contributed by atoms with E-state index in [4.69, 9.17) is 32.7 Å². The minimum Gasteiger partial charge on any atom is -0.500 e. The summed E-state index contributed by atoms with van der Waals surface area (Å²) in [6, 6.07) is 11.2. The highest BCUT2D eigenvalue weighted by Gasteiger charge is 2.19. The SMILES string of the molecule is CO/C=C(/Oc1ccc(Cl)cc1C(=O)NNc1ccccc1Cl)C(=O)OC. The molecule has 0 saturated carbocycles. The molecule has 27 heavy (non-hydrogen) atoms. The fraction of sp³-hybridized carbons (Fsp3) is 0.111. The Morgan fingerprint density at radius 1 is 1.07 bits per heavy atom. The average Bonchev–Trinajstić information content (AvgIpc) is 2.67. The van der Waals surface area contributed by atoms with Gasteiger partial charge in [-0.3, -0.25) is 15.6 Å². The molecule has 0 atom stereocenters. The van der Waals surface area contributed by atoms with Gasteiger partial charge in [-0.2, -0.15) is 0 Å². The Bertz CT molecular complexity index is 871. The molecular formula is C18H16Cl2N2O5. The van der Waals surface area contributed by atoms with Crippen LogP contribution in [0.15, 0.2) is 54.5 Å². The Hall–Kier alpha value is -2.90. The third-order valence-corrected chi connectivity index (χ3v) is 3.77. The van der Waals surface area contributed by atoms with E-state index in [-0.39, 0.29) is 17.1 Å². The summed E-state index contributed by atoms with van der Waals surface area (Å²) in [4.78, 5) is 24.3. The second-order valence-corrected chi connectivity index (χ2v) is 5.85. The second kappa shape index (κ2) is 9.70. The first-order valence-electron chi connectivity index (χ1n) is 7.55. The molecule has 0 fully saturated rings. The Balaban J connectivity index is 2.24. The predicted octanol–water partition coefficient (Wildman–Crippen LogP) is 3.79. The molecule has 2 rings (SSSR count). The van der Waals surface area contributed by atoms with Crippen LogP contribution in [-0.2, 0) is 14.3 Å². The highest BCUT2D eigenvalue weighted by Crippen LogP contribution is 2.25. The zero-order valence-corrected chi connectivity index (χ0v) is 15.9. The number of methoxy groups -OCH3 is 2. The second-order valence-electron chi connectivity index (χ2n) is 5.01. The molecule has 0 saturated heterocycles. The molecule has 0 radical (unpaired) electrons. The van der Waals surface area contributed by atoms with Gasteiger partial charge in [0.15, 0.2) is 0 Å². The van der Waals surface area contributed by atoms with Crippen LogP contribution < -0.4 is 15.6 Å². The van der Waals surface area contributed by atoms with Crippen LogP contribution in [0.5, 0.6) is 5.75 Å². The van der Waals surface area contributed by atoms with Crippen molar-refractivity contribution in [2.24, 2.45) is 0 Å². The van der Waals surface area contributed by atoms with Crippen molar-refractivity contribution in [2.75, 3.05) is 19.6 Å². The van der Waals surface area contributed by atoms with Crippen molar-refractivity contribution >= 4 is 40.8 Å². The summed E-state index contributed by atoms with van der Waals surface area (Å²) in [5.41, 5.74) is 5.79. The quantitative estimate of drug-likeness (QED) is 0.312. The monoisotopic (exact) mass is 410 g/mol. The molecule has 0 bridgehead atoms. The molecule has 0 unspecified atom stereocenters. The van der Waals surface area contributed by atoms with Crippen molar-refractivity contribution in [3.8, 4) is 5.75 Å². The molecule has 0 aliphatic rings. The maximum absolute atomic E-state index is 12.6. The number of amides is 1. The van der Waals surface area contributed by atoms with E-state index in [0.29, 0.717) is 15.7 Å². The summed E-state index contributed by atoms with van der Waals surface area (Å²) in [6.45, 7) is 0. The van der Waals surface area contributed by atoms with E-state index in [1.165, 1.54) is 32.4 Å². The number of hydrogen-bond donors (Lipinski definition) is 2. The Kier molecular flexibility index (Phi) is 7.34. The van der Waals surface area contributed by atoms with E-state index in [1.54, 1.807) is 24.3 Å². The topological polar surface area (TPSA) is 85.9 Å². The smallest absolute Gasteiger partial charge is 0.377 e. The summed E-state index contributed by atoms with van der Waals surface area (Å²) < 4.78 is 14.9. The van der Waals surface area contributed by atoms with E-state index >= 15 is 0 Å². The largest absolute Gasteiger partial charge is 0.500 e. The van der Waals surface area contributed by atoms with Gasteiger partial charge in [0.05, 0.1) is 30.5 Å². The van der Waals surface area contributed by atoms with Crippen molar-refractivity contribution in [1.82, 2.24) is 5.43 Å². The van der Waals surface area contributed by atoms with Crippen LogP contribution in [0, 0.1) is 0 Å². The van der Waals surface area contributed by atoms with Gasteiger partial charge >= 0.3 is 5.97 Å². The van der Waals surface area contributed by atoms with Gasteiger partial charge in [0.25, 0.3) is 5.91 Å². The van der Waals surface area contributed by atoms with Crippen molar-refractivity contribution in [3.05, 3.63) is 70.1 Å². The molecule has 0 aromatic heterocycles. The number of carbonyl (C=O) groups excluding carboxylic acids is 2. The molecule has 0 aliphatic carbocycles. The lowest BCUT2D eigenvalue weighted by atomic mass is 10.2. The van der Waals surface area contributed by atoms with Gasteiger partial charge in [-0.1, -0.05) is 35.3 Å². The number of anilines is 1. The highest BCUT2D eigenvalue weighted by atomic mass is 35.5. The summed E-state index contributed by atoms with van der Waals surface area (Å²) >= 11 is 12.0. The van der Waals surface area contributed by atoms with E-state index in [1.807, 2.05) is 0 Å². The van der Waals surface area contributed by atoms with Crippen LogP contribution >= 0.6 is 23.2 Å².